The van der Waals surface area contributed by atoms with Crippen LogP contribution < -0.4 is 0 Å². The SMILES string of the molecule is Cc1cccc(CSc2nc3c(c(C(F)(F)F)c2C#N)CCCCC3)c1. The smallest absolute Gasteiger partial charge is 0.245 e. The number of rotatable bonds is 3. The van der Waals surface area contributed by atoms with E-state index < -0.39 is 11.7 Å². The van der Waals surface area contributed by atoms with E-state index in [1.165, 1.54) is 11.8 Å². The van der Waals surface area contributed by atoms with Crippen LogP contribution in [-0.2, 0) is 24.8 Å². The molecule has 0 atom stereocenters. The summed E-state index contributed by atoms with van der Waals surface area (Å²) in [6, 6.07) is 9.60. The molecule has 0 saturated carbocycles. The summed E-state index contributed by atoms with van der Waals surface area (Å²) in [7, 11) is 0. The maximum atomic E-state index is 13.8. The van der Waals surface area contributed by atoms with E-state index in [-0.39, 0.29) is 16.2 Å². The summed E-state index contributed by atoms with van der Waals surface area (Å²) in [5, 5.41) is 9.67. The summed E-state index contributed by atoms with van der Waals surface area (Å²) < 4.78 is 41.3. The van der Waals surface area contributed by atoms with Crippen LogP contribution in [0.25, 0.3) is 0 Å². The average Bonchev–Trinajstić information content (AvgIpc) is 2.82. The minimum Gasteiger partial charge on any atom is -0.245 e. The van der Waals surface area contributed by atoms with E-state index >= 15 is 0 Å². The van der Waals surface area contributed by atoms with Gasteiger partial charge in [0.2, 0.25) is 0 Å². The molecular formula is C20H19F3N2S. The molecule has 1 aliphatic carbocycles. The largest absolute Gasteiger partial charge is 0.418 e. The Morgan fingerprint density at radius 1 is 1.19 bits per heavy atom. The third-order valence-corrected chi connectivity index (χ3v) is 5.59. The summed E-state index contributed by atoms with van der Waals surface area (Å²) in [6.45, 7) is 1.97. The molecule has 1 aromatic heterocycles. The first-order chi connectivity index (χ1) is 12.4. The van der Waals surface area contributed by atoms with Crippen molar-refractivity contribution in [2.75, 3.05) is 0 Å². The third-order valence-electron chi connectivity index (χ3n) is 4.54. The van der Waals surface area contributed by atoms with E-state index in [1.807, 2.05) is 31.2 Å². The van der Waals surface area contributed by atoms with Crippen molar-refractivity contribution in [3.63, 3.8) is 0 Å². The number of benzene rings is 1. The highest BCUT2D eigenvalue weighted by molar-refractivity contribution is 7.98. The Bertz CT molecular complexity index is 853. The predicted molar refractivity (Wildman–Crippen MR) is 96.0 cm³/mol. The number of halogens is 3. The van der Waals surface area contributed by atoms with Crippen LogP contribution in [0.1, 0.15) is 52.8 Å². The van der Waals surface area contributed by atoms with Crippen molar-refractivity contribution < 1.29 is 13.2 Å². The number of aromatic nitrogens is 1. The van der Waals surface area contributed by atoms with Crippen LogP contribution >= 0.6 is 11.8 Å². The van der Waals surface area contributed by atoms with Crippen molar-refractivity contribution in [1.82, 2.24) is 4.98 Å². The highest BCUT2D eigenvalue weighted by Crippen LogP contribution is 2.41. The van der Waals surface area contributed by atoms with Gasteiger partial charge in [-0.2, -0.15) is 18.4 Å². The number of nitriles is 1. The van der Waals surface area contributed by atoms with Gasteiger partial charge in [-0.15, -0.1) is 11.8 Å². The maximum Gasteiger partial charge on any atom is 0.418 e. The predicted octanol–water partition coefficient (Wildman–Crippen LogP) is 5.84. The van der Waals surface area contributed by atoms with Gasteiger partial charge < -0.3 is 0 Å². The molecule has 1 aliphatic rings. The Labute approximate surface area is 155 Å². The molecule has 0 radical (unpaired) electrons. The van der Waals surface area contributed by atoms with Crippen molar-refractivity contribution in [3.8, 4) is 6.07 Å². The molecule has 0 saturated heterocycles. The number of hydrogen-bond donors (Lipinski definition) is 0. The second-order valence-corrected chi connectivity index (χ2v) is 7.50. The van der Waals surface area contributed by atoms with Crippen molar-refractivity contribution in [2.24, 2.45) is 0 Å². The molecule has 0 N–H and O–H groups in total. The van der Waals surface area contributed by atoms with Crippen LogP contribution in [0.3, 0.4) is 0 Å². The van der Waals surface area contributed by atoms with Crippen molar-refractivity contribution in [1.29, 1.82) is 5.26 Å². The normalized spacial score (nSPS) is 14.4. The van der Waals surface area contributed by atoms with Crippen LogP contribution in [-0.4, -0.2) is 4.98 Å². The van der Waals surface area contributed by atoms with E-state index in [9.17, 15) is 18.4 Å². The van der Waals surface area contributed by atoms with E-state index in [4.69, 9.17) is 0 Å². The first kappa shape index (κ1) is 18.8. The van der Waals surface area contributed by atoms with Crippen molar-refractivity contribution in [3.05, 3.63) is 57.8 Å². The Hall–Kier alpha value is -2.00. The standard InChI is InChI=1S/C20H19F3N2S/c1-13-6-5-7-14(10-13)12-26-19-16(11-24)18(20(21,22)23)15-8-3-2-4-9-17(15)25-19/h5-7,10H,2-4,8-9,12H2,1H3. The minimum atomic E-state index is -4.54. The molecule has 136 valence electrons. The van der Waals surface area contributed by atoms with Gasteiger partial charge in [-0.25, -0.2) is 4.98 Å². The number of alkyl halides is 3. The molecule has 2 nitrogen and oxygen atoms in total. The molecule has 0 fully saturated rings. The van der Waals surface area contributed by atoms with E-state index in [2.05, 4.69) is 4.98 Å². The zero-order valence-electron chi connectivity index (χ0n) is 14.5. The Kier molecular flexibility index (Phi) is 5.57. The zero-order valence-corrected chi connectivity index (χ0v) is 15.3. The minimum absolute atomic E-state index is 0.196. The lowest BCUT2D eigenvalue weighted by molar-refractivity contribution is -0.138. The third kappa shape index (κ3) is 4.04. The fourth-order valence-corrected chi connectivity index (χ4v) is 4.32. The quantitative estimate of drug-likeness (QED) is 0.499. The van der Waals surface area contributed by atoms with Crippen LogP contribution in [0.5, 0.6) is 0 Å². The fraction of sp³-hybridized carbons (Fsp3) is 0.400. The molecule has 3 rings (SSSR count). The molecule has 26 heavy (non-hydrogen) atoms. The average molecular weight is 376 g/mol. The Morgan fingerprint density at radius 2 is 1.96 bits per heavy atom. The Balaban J connectivity index is 2.04. The van der Waals surface area contributed by atoms with Gasteiger partial charge in [-0.3, -0.25) is 0 Å². The van der Waals surface area contributed by atoms with Gasteiger partial charge in [0, 0.05) is 11.4 Å². The molecule has 0 aliphatic heterocycles. The number of aryl methyl sites for hydroxylation is 2. The van der Waals surface area contributed by atoms with Crippen LogP contribution in [0.2, 0.25) is 0 Å². The summed E-state index contributed by atoms with van der Waals surface area (Å²) in [6.07, 6.45) is -1.22. The van der Waals surface area contributed by atoms with Gasteiger partial charge >= 0.3 is 6.18 Å². The zero-order chi connectivity index (χ0) is 18.7. The number of thioether (sulfide) groups is 1. The van der Waals surface area contributed by atoms with Crippen molar-refractivity contribution in [2.45, 2.75) is 56.0 Å². The summed E-state index contributed by atoms with van der Waals surface area (Å²) in [4.78, 5) is 4.50. The van der Waals surface area contributed by atoms with E-state index in [0.717, 1.165) is 24.0 Å². The second kappa shape index (κ2) is 7.71. The van der Waals surface area contributed by atoms with Gasteiger partial charge in [0.15, 0.2) is 0 Å². The highest BCUT2D eigenvalue weighted by Gasteiger charge is 2.39. The fourth-order valence-electron chi connectivity index (χ4n) is 3.37. The monoisotopic (exact) mass is 376 g/mol. The lowest BCUT2D eigenvalue weighted by Gasteiger charge is -2.18. The second-order valence-electron chi connectivity index (χ2n) is 6.54. The van der Waals surface area contributed by atoms with Crippen LogP contribution in [0, 0.1) is 18.3 Å². The molecule has 0 amide bonds. The van der Waals surface area contributed by atoms with E-state index in [1.54, 1.807) is 6.07 Å². The summed E-state index contributed by atoms with van der Waals surface area (Å²) in [5.41, 5.74) is 1.75. The van der Waals surface area contributed by atoms with E-state index in [0.29, 0.717) is 30.7 Å². The number of hydrogen-bond acceptors (Lipinski definition) is 3. The van der Waals surface area contributed by atoms with Crippen molar-refractivity contribution >= 4 is 11.8 Å². The van der Waals surface area contributed by atoms with Crippen LogP contribution in [0.15, 0.2) is 29.3 Å². The molecule has 1 heterocycles. The van der Waals surface area contributed by atoms with Gasteiger partial charge in [-0.1, -0.05) is 36.2 Å². The highest BCUT2D eigenvalue weighted by atomic mass is 32.2. The summed E-state index contributed by atoms with van der Waals surface area (Å²) in [5.74, 6) is 0.486. The van der Waals surface area contributed by atoms with Gasteiger partial charge in [0.05, 0.1) is 11.1 Å². The number of pyridine rings is 1. The number of nitrogens with zero attached hydrogens (tertiary/aromatic N) is 2. The molecule has 6 heteroatoms. The molecular weight excluding hydrogens is 357 g/mol. The first-order valence-electron chi connectivity index (χ1n) is 8.61. The molecule has 0 spiro atoms. The van der Waals surface area contributed by atoms with Gasteiger partial charge in [0.1, 0.15) is 11.1 Å². The van der Waals surface area contributed by atoms with Gasteiger partial charge in [-0.05, 0) is 43.7 Å². The lowest BCUT2D eigenvalue weighted by atomic mass is 9.97. The van der Waals surface area contributed by atoms with Gasteiger partial charge in [0.25, 0.3) is 0 Å². The topological polar surface area (TPSA) is 36.7 Å². The molecule has 0 bridgehead atoms. The lowest BCUT2D eigenvalue weighted by Crippen LogP contribution is -2.16. The molecule has 1 aromatic carbocycles. The Morgan fingerprint density at radius 3 is 2.65 bits per heavy atom. The van der Waals surface area contributed by atoms with Crippen LogP contribution in [0.4, 0.5) is 13.2 Å². The molecule has 2 aromatic rings. The molecule has 0 unspecified atom stereocenters. The maximum absolute atomic E-state index is 13.8. The first-order valence-corrected chi connectivity index (χ1v) is 9.60. The number of fused-ring (bicyclic) bond motifs is 1. The summed E-state index contributed by atoms with van der Waals surface area (Å²) >= 11 is 1.21.